The van der Waals surface area contributed by atoms with E-state index in [1.54, 1.807) is 37.3 Å². The number of methoxy groups -OCH3 is 2. The van der Waals surface area contributed by atoms with Crippen molar-refractivity contribution in [3.63, 3.8) is 0 Å². The second-order valence-electron chi connectivity index (χ2n) is 10.7. The Labute approximate surface area is 212 Å². The number of nitrogens with zero attached hydrogens (tertiary/aromatic N) is 1. The molecule has 0 spiro atoms. The van der Waals surface area contributed by atoms with Crippen LogP contribution in [0.2, 0.25) is 0 Å². The van der Waals surface area contributed by atoms with E-state index in [-0.39, 0.29) is 35.7 Å². The fourth-order valence-corrected chi connectivity index (χ4v) is 5.76. The smallest absolute Gasteiger partial charge is 0.244 e. The van der Waals surface area contributed by atoms with Crippen LogP contribution in [0.3, 0.4) is 0 Å². The Morgan fingerprint density at radius 1 is 1.11 bits per heavy atom. The number of ether oxygens (including phenoxy) is 2. The lowest BCUT2D eigenvalue weighted by atomic mass is 10.0. The molecule has 2 amide bonds. The van der Waals surface area contributed by atoms with Crippen molar-refractivity contribution in [2.75, 3.05) is 26.1 Å². The number of anilines is 1. The normalized spacial score (nSPS) is 20.1. The zero-order chi connectivity index (χ0) is 25.6. The van der Waals surface area contributed by atoms with Crippen molar-refractivity contribution in [3.8, 4) is 11.5 Å². The highest BCUT2D eigenvalue weighted by atomic mass is 16.5. The van der Waals surface area contributed by atoms with Crippen LogP contribution in [0, 0.1) is 18.3 Å². The molecule has 2 atom stereocenters. The Balaban J connectivity index is 1.28. The van der Waals surface area contributed by atoms with E-state index in [0.29, 0.717) is 29.5 Å². The van der Waals surface area contributed by atoms with E-state index in [1.165, 1.54) is 16.6 Å². The molecule has 2 fully saturated rings. The van der Waals surface area contributed by atoms with E-state index in [2.05, 4.69) is 49.3 Å². The summed E-state index contributed by atoms with van der Waals surface area (Å²) in [5, 5.41) is 4.15. The van der Waals surface area contributed by atoms with Gasteiger partial charge >= 0.3 is 0 Å². The summed E-state index contributed by atoms with van der Waals surface area (Å²) in [6.07, 6.45) is 2.35. The summed E-state index contributed by atoms with van der Waals surface area (Å²) in [4.78, 5) is 31.8. The number of aromatic amines is 1. The molecule has 0 radical (unpaired) electrons. The van der Waals surface area contributed by atoms with E-state index in [9.17, 15) is 9.59 Å². The number of nitrogens with one attached hydrogen (secondary N) is 2. The second kappa shape index (κ2) is 9.19. The molecule has 2 aliphatic carbocycles. The van der Waals surface area contributed by atoms with Crippen LogP contribution in [-0.2, 0) is 9.59 Å². The average Bonchev–Trinajstić information content (AvgIpc) is 3.75. The van der Waals surface area contributed by atoms with Gasteiger partial charge in [-0.3, -0.25) is 9.59 Å². The van der Waals surface area contributed by atoms with Gasteiger partial charge in [-0.2, -0.15) is 0 Å². The Bertz CT molecular complexity index is 1310. The van der Waals surface area contributed by atoms with E-state index in [4.69, 9.17) is 9.47 Å². The summed E-state index contributed by atoms with van der Waals surface area (Å²) in [5.74, 6) is 1.56. The predicted molar refractivity (Wildman–Crippen MR) is 141 cm³/mol. The lowest BCUT2D eigenvalue weighted by Crippen LogP contribution is -2.40. The van der Waals surface area contributed by atoms with Gasteiger partial charge in [0.15, 0.2) is 0 Å². The van der Waals surface area contributed by atoms with Crippen LogP contribution in [0.25, 0.3) is 10.9 Å². The molecule has 2 saturated carbocycles. The molecule has 2 aliphatic rings. The monoisotopic (exact) mass is 489 g/mol. The third kappa shape index (κ3) is 4.43. The van der Waals surface area contributed by atoms with E-state index in [0.717, 1.165) is 18.4 Å². The van der Waals surface area contributed by atoms with Gasteiger partial charge in [-0.25, -0.2) is 0 Å². The van der Waals surface area contributed by atoms with Gasteiger partial charge in [-0.1, -0.05) is 32.0 Å². The molecule has 0 aliphatic heterocycles. The maximum atomic E-state index is 13.5. The van der Waals surface area contributed by atoms with E-state index in [1.807, 2.05) is 6.07 Å². The molecule has 0 bridgehead atoms. The molecule has 36 heavy (non-hydrogen) atoms. The number of hydrogen-bond donors (Lipinski definition) is 2. The third-order valence-corrected chi connectivity index (χ3v) is 8.00. The number of benzene rings is 2. The molecule has 1 heterocycles. The minimum Gasteiger partial charge on any atom is -0.497 e. The first-order valence-corrected chi connectivity index (χ1v) is 12.6. The number of para-hydroxylation sites is 1. The second-order valence-corrected chi connectivity index (χ2v) is 10.7. The van der Waals surface area contributed by atoms with Gasteiger partial charge in [0, 0.05) is 35.1 Å². The molecule has 7 nitrogen and oxygen atoms in total. The van der Waals surface area contributed by atoms with Crippen LogP contribution in [0.4, 0.5) is 5.69 Å². The van der Waals surface area contributed by atoms with Crippen LogP contribution in [0.5, 0.6) is 11.5 Å². The van der Waals surface area contributed by atoms with Crippen molar-refractivity contribution in [1.82, 2.24) is 9.88 Å². The lowest BCUT2D eigenvalue weighted by Gasteiger charge is -2.22. The molecule has 2 N–H and O–H groups in total. The molecule has 190 valence electrons. The SMILES string of the molecule is COc1ccc(NC(=O)CN(C(=O)C[C@@H]2[C@H](c3c(C)[nH]c4ccccc34)C2(C)C)C2CC2)c(OC)c1. The number of carbonyl (C=O) groups is 2. The molecule has 0 unspecified atom stereocenters. The standard InChI is InChI=1S/C29H35N3O4/c1-17-27(20-8-6-7-9-22(20)30-17)28-21(29(28,2)3)15-26(34)32(18-10-11-18)16-25(33)31-23-13-12-19(35-4)14-24(23)36-5/h6-9,12-14,18,21,28,30H,10-11,15-16H2,1-5H3,(H,31,33)/t21-,28-/m1/s1. The zero-order valence-electron chi connectivity index (χ0n) is 21.7. The Kier molecular flexibility index (Phi) is 6.18. The van der Waals surface area contributed by atoms with Crippen LogP contribution >= 0.6 is 0 Å². The fraction of sp³-hybridized carbons (Fsp3) is 0.448. The lowest BCUT2D eigenvalue weighted by molar-refractivity contribution is -0.135. The van der Waals surface area contributed by atoms with Crippen molar-refractivity contribution in [1.29, 1.82) is 0 Å². The van der Waals surface area contributed by atoms with Gasteiger partial charge in [0.05, 0.1) is 19.9 Å². The van der Waals surface area contributed by atoms with E-state index < -0.39 is 0 Å². The number of H-pyrrole nitrogens is 1. The number of amides is 2. The Morgan fingerprint density at radius 2 is 1.86 bits per heavy atom. The van der Waals surface area contributed by atoms with Crippen molar-refractivity contribution < 1.29 is 19.1 Å². The number of carbonyl (C=O) groups excluding carboxylic acids is 2. The molecule has 1 aromatic heterocycles. The molecular weight excluding hydrogens is 454 g/mol. The summed E-state index contributed by atoms with van der Waals surface area (Å²) in [6, 6.07) is 13.8. The topological polar surface area (TPSA) is 83.7 Å². The molecule has 0 saturated heterocycles. The summed E-state index contributed by atoms with van der Waals surface area (Å²) in [5.41, 5.74) is 4.23. The number of rotatable bonds is 9. The zero-order valence-corrected chi connectivity index (χ0v) is 21.7. The summed E-state index contributed by atoms with van der Waals surface area (Å²) >= 11 is 0. The Hall–Kier alpha value is -3.48. The largest absolute Gasteiger partial charge is 0.497 e. The minimum atomic E-state index is -0.224. The molecule has 2 aromatic carbocycles. The number of aromatic nitrogens is 1. The highest BCUT2D eigenvalue weighted by Gasteiger charge is 2.60. The average molecular weight is 490 g/mol. The van der Waals surface area contributed by atoms with Crippen LogP contribution < -0.4 is 14.8 Å². The highest BCUT2D eigenvalue weighted by molar-refractivity contribution is 5.96. The number of aryl methyl sites for hydroxylation is 1. The van der Waals surface area contributed by atoms with Gasteiger partial charge < -0.3 is 24.7 Å². The van der Waals surface area contributed by atoms with Gasteiger partial charge in [0.2, 0.25) is 11.8 Å². The third-order valence-electron chi connectivity index (χ3n) is 8.00. The number of hydrogen-bond acceptors (Lipinski definition) is 4. The first kappa shape index (κ1) is 24.2. The van der Waals surface area contributed by atoms with Crippen molar-refractivity contribution in [2.24, 2.45) is 11.3 Å². The molecular formula is C29H35N3O4. The predicted octanol–water partition coefficient (Wildman–Crippen LogP) is 5.25. The number of fused-ring (bicyclic) bond motifs is 1. The first-order valence-electron chi connectivity index (χ1n) is 12.6. The van der Waals surface area contributed by atoms with Gasteiger partial charge in [0.1, 0.15) is 18.0 Å². The maximum absolute atomic E-state index is 13.5. The summed E-state index contributed by atoms with van der Waals surface area (Å²) in [6.45, 7) is 6.67. The minimum absolute atomic E-state index is 0.0271. The molecule has 3 aromatic rings. The summed E-state index contributed by atoms with van der Waals surface area (Å²) < 4.78 is 10.6. The van der Waals surface area contributed by atoms with Gasteiger partial charge in [-0.15, -0.1) is 0 Å². The van der Waals surface area contributed by atoms with Crippen LogP contribution in [0.1, 0.15) is 50.3 Å². The first-order chi connectivity index (χ1) is 17.2. The van der Waals surface area contributed by atoms with Gasteiger partial charge in [0.25, 0.3) is 0 Å². The van der Waals surface area contributed by atoms with Crippen LogP contribution in [0.15, 0.2) is 42.5 Å². The fourth-order valence-electron chi connectivity index (χ4n) is 5.76. The highest BCUT2D eigenvalue weighted by Crippen LogP contribution is 2.67. The van der Waals surface area contributed by atoms with Crippen molar-refractivity contribution in [2.45, 2.75) is 52.0 Å². The molecule has 7 heteroatoms. The van der Waals surface area contributed by atoms with E-state index >= 15 is 0 Å². The summed E-state index contributed by atoms with van der Waals surface area (Å²) in [7, 11) is 3.13. The Morgan fingerprint density at radius 3 is 2.56 bits per heavy atom. The van der Waals surface area contributed by atoms with Gasteiger partial charge in [-0.05, 0) is 60.8 Å². The quantitative estimate of drug-likeness (QED) is 0.430. The van der Waals surface area contributed by atoms with Crippen molar-refractivity contribution in [3.05, 3.63) is 53.7 Å². The molecule has 5 rings (SSSR count). The van der Waals surface area contributed by atoms with Crippen LogP contribution in [-0.4, -0.2) is 48.5 Å². The van der Waals surface area contributed by atoms with Crippen molar-refractivity contribution >= 4 is 28.4 Å². The maximum Gasteiger partial charge on any atom is 0.244 e.